The fourth-order valence-corrected chi connectivity index (χ4v) is 10.6. The lowest BCUT2D eigenvalue weighted by molar-refractivity contribution is -0.149. The zero-order valence-electron chi connectivity index (χ0n) is 57.0. The van der Waals surface area contributed by atoms with Gasteiger partial charge in [-0.2, -0.15) is 13.2 Å². The minimum Gasteiger partial charge on any atom is -0.343 e. The normalized spacial score (nSPS) is 23.4. The second kappa shape index (κ2) is 34.6. The van der Waals surface area contributed by atoms with Crippen LogP contribution in [0.25, 0.3) is 0 Å². The molecule has 0 aromatic heterocycles. The third-order valence-corrected chi connectivity index (χ3v) is 17.3. The highest BCUT2D eigenvalue weighted by molar-refractivity contribution is 6.30. The van der Waals surface area contributed by atoms with Crippen LogP contribution in [0.1, 0.15) is 131 Å². The third kappa shape index (κ3) is 22.6. The molecular formula is C65H97ClF5N11O11. The molecule has 520 valence electrons. The van der Waals surface area contributed by atoms with Crippen LogP contribution in [0.3, 0.4) is 0 Å². The van der Waals surface area contributed by atoms with E-state index in [0.29, 0.717) is 29.1 Å². The molecule has 1 aliphatic heterocycles. The molecule has 2 aromatic rings. The van der Waals surface area contributed by atoms with E-state index in [1.165, 1.54) is 73.0 Å². The summed E-state index contributed by atoms with van der Waals surface area (Å²) in [5, 5.41) is 11.1. The van der Waals surface area contributed by atoms with E-state index < -0.39 is 175 Å². The van der Waals surface area contributed by atoms with Gasteiger partial charge in [0.2, 0.25) is 65.0 Å². The van der Waals surface area contributed by atoms with Gasteiger partial charge in [0.05, 0.1) is 19.6 Å². The predicted molar refractivity (Wildman–Crippen MR) is 340 cm³/mol. The molecule has 0 spiro atoms. The lowest BCUT2D eigenvalue weighted by atomic mass is 9.95. The minimum absolute atomic E-state index is 0.0751. The van der Waals surface area contributed by atoms with E-state index in [1.807, 2.05) is 27.7 Å². The average Bonchev–Trinajstić information content (AvgIpc) is 1.85. The standard InChI is InChI=1S/C65H97ClF5N11O11/c1-19-39(8)56-62(92)78(14)34-53(85)76(12)35-54(86)81(17)50(32-41-20-23-43(66)24-21-41)61(91)77(13)33-51(83)72-46(25-22-42-30-44(67)55(45(68)31-42)65(69,70)71)57(87)73-48(27-37(4)5)60(90)82(18)64(10,11)63(93)74-47(26-36(2)3)59(89)79(15)40(9)29-52(84)80(16)49(28-38(6)7)58(88)75-56/h20-21,23-24,30-31,36-40,46-50,56H,19,22,25-29,32-35H2,1-18H3,(H,72,83)(H,73,87)(H,74,93)(H,75,88)/t39-,40+,46-,47-,48+,49-,50-,56-/m0/s1. The summed E-state index contributed by atoms with van der Waals surface area (Å²) < 4.78 is 70.7. The molecule has 93 heavy (non-hydrogen) atoms. The van der Waals surface area contributed by atoms with Gasteiger partial charge in [0.1, 0.15) is 59.0 Å². The number of nitrogens with zero attached hydrogens (tertiary/aromatic N) is 7. The predicted octanol–water partition coefficient (Wildman–Crippen LogP) is 5.45. The monoisotopic (exact) mass is 1340 g/mol. The summed E-state index contributed by atoms with van der Waals surface area (Å²) in [5.41, 5.74) is -3.76. The lowest BCUT2D eigenvalue weighted by Crippen LogP contribution is -2.63. The molecule has 8 atom stereocenters. The van der Waals surface area contributed by atoms with Crippen LogP contribution < -0.4 is 21.3 Å². The van der Waals surface area contributed by atoms with Crippen molar-refractivity contribution in [1.82, 2.24) is 55.6 Å². The second-order valence-electron chi connectivity index (χ2n) is 26.4. The summed E-state index contributed by atoms with van der Waals surface area (Å²) in [6, 6.07) is -1.74. The molecule has 0 aliphatic carbocycles. The van der Waals surface area contributed by atoms with Crippen LogP contribution in [-0.2, 0) is 71.8 Å². The highest BCUT2D eigenvalue weighted by atomic mass is 35.5. The van der Waals surface area contributed by atoms with Crippen LogP contribution in [-0.4, -0.2) is 216 Å². The molecule has 4 N–H and O–H groups in total. The van der Waals surface area contributed by atoms with Gasteiger partial charge in [-0.3, -0.25) is 52.7 Å². The quantitative estimate of drug-likeness (QED) is 0.183. The van der Waals surface area contributed by atoms with Gasteiger partial charge in [0.25, 0.3) is 0 Å². The summed E-state index contributed by atoms with van der Waals surface area (Å²) >= 11 is 6.18. The number of carbonyl (C=O) groups excluding carboxylic acids is 11. The summed E-state index contributed by atoms with van der Waals surface area (Å²) in [7, 11) is 9.37. The van der Waals surface area contributed by atoms with Gasteiger partial charge >= 0.3 is 6.18 Å². The molecule has 1 fully saturated rings. The molecular weight excluding hydrogens is 1240 g/mol. The van der Waals surface area contributed by atoms with Gasteiger partial charge in [-0.1, -0.05) is 85.5 Å². The SMILES string of the molecule is CC[C@H](C)[C@@H]1NC(=O)[C@H](CC(C)C)N(C)C(=O)C[C@@H](C)N(C)C(=O)[C@H](CC(C)C)NC(=O)C(C)(C)N(C)C(=O)[C@@H](CC(C)C)NC(=O)[C@H](CCc2cc(F)c(C(F)(F)F)c(F)c2)NC(=O)CN(C)C(=O)[C@H](Cc2ccc(Cl)cc2)N(C)C(=O)CN(C)C(=O)CN(C)C1=O. The zero-order chi connectivity index (χ0) is 71.1. The molecule has 1 saturated heterocycles. The maximum Gasteiger partial charge on any atom is 0.422 e. The number of aryl methyl sites for hydroxylation is 1. The Kier molecular flexibility index (Phi) is 29.7. The molecule has 1 aliphatic rings. The Labute approximate surface area is 548 Å². The van der Waals surface area contributed by atoms with Crippen LogP contribution in [0.4, 0.5) is 22.0 Å². The van der Waals surface area contributed by atoms with E-state index in [2.05, 4.69) is 21.3 Å². The van der Waals surface area contributed by atoms with Crippen LogP contribution >= 0.6 is 11.6 Å². The molecule has 0 radical (unpaired) electrons. The number of nitrogens with one attached hydrogen (secondary N) is 4. The van der Waals surface area contributed by atoms with Crippen molar-refractivity contribution in [3.63, 3.8) is 0 Å². The van der Waals surface area contributed by atoms with Crippen molar-refractivity contribution in [2.24, 2.45) is 23.7 Å². The number of carbonyl (C=O) groups is 11. The van der Waals surface area contributed by atoms with Crippen molar-refractivity contribution in [3.05, 3.63) is 69.7 Å². The first kappa shape index (κ1) is 79.8. The molecule has 2 aromatic carbocycles. The van der Waals surface area contributed by atoms with Gasteiger partial charge in [0, 0.05) is 73.2 Å². The van der Waals surface area contributed by atoms with E-state index in [9.17, 15) is 74.7 Å². The molecule has 0 unspecified atom stereocenters. The number of halogens is 6. The number of benzene rings is 2. The minimum atomic E-state index is -5.40. The zero-order valence-corrected chi connectivity index (χ0v) is 57.7. The van der Waals surface area contributed by atoms with Gasteiger partial charge in [-0.15, -0.1) is 0 Å². The number of amides is 11. The molecule has 1 heterocycles. The third-order valence-electron chi connectivity index (χ3n) is 17.0. The highest BCUT2D eigenvalue weighted by Gasteiger charge is 2.43. The smallest absolute Gasteiger partial charge is 0.343 e. The Morgan fingerprint density at radius 3 is 1.59 bits per heavy atom. The first-order valence-electron chi connectivity index (χ1n) is 31.2. The summed E-state index contributed by atoms with van der Waals surface area (Å²) in [6.45, 7) is 16.8. The number of hydrogen-bond donors (Lipinski definition) is 4. The van der Waals surface area contributed by atoms with Crippen molar-refractivity contribution in [2.45, 2.75) is 182 Å². The van der Waals surface area contributed by atoms with Gasteiger partial charge in [-0.05, 0) is 112 Å². The van der Waals surface area contributed by atoms with E-state index in [1.54, 1.807) is 58.9 Å². The molecule has 0 saturated carbocycles. The van der Waals surface area contributed by atoms with Crippen molar-refractivity contribution in [2.75, 3.05) is 69.0 Å². The first-order chi connectivity index (χ1) is 42.9. The Hall–Kier alpha value is -7.45. The molecule has 0 bridgehead atoms. The van der Waals surface area contributed by atoms with Crippen LogP contribution in [0.2, 0.25) is 5.02 Å². The van der Waals surface area contributed by atoms with Crippen LogP contribution in [0.5, 0.6) is 0 Å². The summed E-state index contributed by atoms with van der Waals surface area (Å²) in [5.74, 6) is -13.4. The molecule has 3 rings (SSSR count). The van der Waals surface area contributed by atoms with E-state index >= 15 is 0 Å². The maximum atomic E-state index is 14.9. The Morgan fingerprint density at radius 1 is 0.570 bits per heavy atom. The van der Waals surface area contributed by atoms with Crippen molar-refractivity contribution in [3.8, 4) is 0 Å². The average molecular weight is 1340 g/mol. The summed E-state index contributed by atoms with van der Waals surface area (Å²) in [4.78, 5) is 166. The lowest BCUT2D eigenvalue weighted by Gasteiger charge is -2.39. The molecule has 11 amide bonds. The van der Waals surface area contributed by atoms with Gasteiger partial charge < -0.3 is 55.6 Å². The first-order valence-corrected chi connectivity index (χ1v) is 31.6. The van der Waals surface area contributed by atoms with E-state index in [4.69, 9.17) is 11.6 Å². The van der Waals surface area contributed by atoms with Gasteiger partial charge in [0.15, 0.2) is 0 Å². The number of hydrogen-bond acceptors (Lipinski definition) is 11. The number of rotatable bonds is 13. The van der Waals surface area contributed by atoms with Gasteiger partial charge in [-0.25, -0.2) is 8.78 Å². The van der Waals surface area contributed by atoms with Crippen molar-refractivity contribution < 1.29 is 74.7 Å². The number of alkyl halides is 3. The maximum absolute atomic E-state index is 14.9. The van der Waals surface area contributed by atoms with E-state index in [-0.39, 0.29) is 55.4 Å². The largest absolute Gasteiger partial charge is 0.422 e. The van der Waals surface area contributed by atoms with E-state index in [0.717, 1.165) is 24.5 Å². The topological polar surface area (TPSA) is 259 Å². The second-order valence-corrected chi connectivity index (χ2v) is 26.8. The van der Waals surface area contributed by atoms with Crippen LogP contribution in [0, 0.1) is 35.3 Å². The Morgan fingerprint density at radius 2 is 1.08 bits per heavy atom. The Balaban J connectivity index is 2.26. The fourth-order valence-electron chi connectivity index (χ4n) is 10.5. The molecule has 22 nitrogen and oxygen atoms in total. The highest BCUT2D eigenvalue weighted by Crippen LogP contribution is 2.34. The van der Waals surface area contributed by atoms with Crippen LogP contribution in [0.15, 0.2) is 36.4 Å². The van der Waals surface area contributed by atoms with Crippen molar-refractivity contribution >= 4 is 76.6 Å². The van der Waals surface area contributed by atoms with Crippen molar-refractivity contribution in [1.29, 1.82) is 0 Å². The Bertz CT molecular complexity index is 2980. The molecule has 28 heteroatoms. The number of likely N-dealkylation sites (N-methyl/N-ethyl adjacent to an activating group) is 7. The summed E-state index contributed by atoms with van der Waals surface area (Å²) in [6.07, 6.45) is -6.33. The fraction of sp³-hybridized carbons (Fsp3) is 0.646.